The Labute approximate surface area is 126 Å². The molecule has 9 atom stereocenters. The lowest BCUT2D eigenvalue weighted by Gasteiger charge is -2.40. The van der Waals surface area contributed by atoms with Gasteiger partial charge < -0.3 is 50.0 Å². The highest BCUT2D eigenvalue weighted by atomic mass is 16.7. The van der Waals surface area contributed by atoms with Gasteiger partial charge in [-0.05, 0) is 6.92 Å². The molecule has 0 aromatic rings. The first-order chi connectivity index (χ1) is 10.2. The van der Waals surface area contributed by atoms with Crippen molar-refractivity contribution in [2.75, 3.05) is 6.61 Å². The van der Waals surface area contributed by atoms with Crippen molar-refractivity contribution in [3.63, 3.8) is 0 Å². The lowest BCUT2D eigenvalue weighted by molar-refractivity contribution is -0.308. The highest BCUT2D eigenvalue weighted by Gasteiger charge is 2.44. The number of carbonyl (C=O) groups is 1. The van der Waals surface area contributed by atoms with E-state index < -0.39 is 61.7 Å². The van der Waals surface area contributed by atoms with Gasteiger partial charge in [-0.1, -0.05) is 0 Å². The van der Waals surface area contributed by atoms with Crippen molar-refractivity contribution in [1.29, 1.82) is 0 Å². The molecule has 1 fully saturated rings. The third kappa shape index (κ3) is 4.19. The Morgan fingerprint density at radius 3 is 2.18 bits per heavy atom. The van der Waals surface area contributed by atoms with E-state index in [0.717, 1.165) is 0 Å². The van der Waals surface area contributed by atoms with Crippen LogP contribution in [0.1, 0.15) is 6.92 Å². The predicted molar refractivity (Wildman–Crippen MR) is 68.4 cm³/mol. The zero-order chi connectivity index (χ0) is 17.0. The summed E-state index contributed by atoms with van der Waals surface area (Å²) in [5.41, 5.74) is 0. The van der Waals surface area contributed by atoms with E-state index in [0.29, 0.717) is 0 Å². The Balaban J connectivity index is 2.75. The number of hydrogen-bond donors (Lipinski definition) is 7. The van der Waals surface area contributed by atoms with Crippen LogP contribution in [0.4, 0.5) is 0 Å². The maximum absolute atomic E-state index is 11.0. The molecule has 7 N–H and O–H groups in total. The Morgan fingerprint density at radius 2 is 1.68 bits per heavy atom. The van der Waals surface area contributed by atoms with Crippen LogP contribution in [0.2, 0.25) is 0 Å². The minimum atomic E-state index is -1.91. The summed E-state index contributed by atoms with van der Waals surface area (Å²) in [5.74, 6) is 0. The van der Waals surface area contributed by atoms with Crippen molar-refractivity contribution in [3.05, 3.63) is 0 Å². The van der Waals surface area contributed by atoms with Gasteiger partial charge in [0.15, 0.2) is 12.6 Å². The van der Waals surface area contributed by atoms with E-state index in [2.05, 4.69) is 0 Å². The van der Waals surface area contributed by atoms with Gasteiger partial charge in [-0.3, -0.25) is 0 Å². The molecule has 0 bridgehead atoms. The molecule has 9 unspecified atom stereocenters. The average molecular weight is 326 g/mol. The van der Waals surface area contributed by atoms with Crippen LogP contribution in [0.15, 0.2) is 0 Å². The van der Waals surface area contributed by atoms with Crippen LogP contribution in [-0.2, 0) is 14.3 Å². The highest BCUT2D eigenvalue weighted by molar-refractivity contribution is 5.57. The minimum Gasteiger partial charge on any atom is -0.394 e. The number of aliphatic hydroxyl groups excluding tert-OH is 7. The summed E-state index contributed by atoms with van der Waals surface area (Å²) in [6, 6.07) is 0. The molecule has 1 saturated heterocycles. The third-order valence-corrected chi connectivity index (χ3v) is 3.50. The summed E-state index contributed by atoms with van der Waals surface area (Å²) in [7, 11) is 0. The van der Waals surface area contributed by atoms with E-state index >= 15 is 0 Å². The molecule has 1 heterocycles. The van der Waals surface area contributed by atoms with E-state index in [9.17, 15) is 35.4 Å². The quantitative estimate of drug-likeness (QED) is 0.225. The van der Waals surface area contributed by atoms with Crippen molar-refractivity contribution in [3.8, 4) is 0 Å². The Morgan fingerprint density at radius 1 is 1.09 bits per heavy atom. The molecular weight excluding hydrogens is 304 g/mol. The number of aldehydes is 1. The van der Waals surface area contributed by atoms with Crippen molar-refractivity contribution < 1.29 is 50.0 Å². The van der Waals surface area contributed by atoms with E-state index in [1.807, 2.05) is 0 Å². The monoisotopic (exact) mass is 326 g/mol. The SMILES string of the molecule is CC1OC(OC(C=O)C(O)C(O)C(O)CO)C(O)C(O)C1O. The van der Waals surface area contributed by atoms with Crippen LogP contribution < -0.4 is 0 Å². The fourth-order valence-electron chi connectivity index (χ4n) is 2.00. The normalized spacial score (nSPS) is 38.1. The van der Waals surface area contributed by atoms with Gasteiger partial charge in [-0.15, -0.1) is 0 Å². The second kappa shape index (κ2) is 8.24. The fourth-order valence-corrected chi connectivity index (χ4v) is 2.00. The zero-order valence-corrected chi connectivity index (χ0v) is 11.8. The molecule has 0 spiro atoms. The molecule has 22 heavy (non-hydrogen) atoms. The number of aliphatic hydroxyl groups is 7. The Hall–Kier alpha value is -0.690. The fraction of sp³-hybridized carbons (Fsp3) is 0.917. The van der Waals surface area contributed by atoms with E-state index in [1.54, 1.807) is 0 Å². The van der Waals surface area contributed by atoms with Gasteiger partial charge in [0, 0.05) is 0 Å². The van der Waals surface area contributed by atoms with Gasteiger partial charge in [0.05, 0.1) is 12.7 Å². The van der Waals surface area contributed by atoms with E-state index in [1.165, 1.54) is 6.92 Å². The topological polar surface area (TPSA) is 177 Å². The van der Waals surface area contributed by atoms with Gasteiger partial charge in [0.1, 0.15) is 42.7 Å². The van der Waals surface area contributed by atoms with Crippen LogP contribution in [-0.4, -0.2) is 104 Å². The van der Waals surface area contributed by atoms with Gasteiger partial charge >= 0.3 is 0 Å². The molecule has 130 valence electrons. The number of carbonyl (C=O) groups excluding carboxylic acids is 1. The molecule has 0 radical (unpaired) electrons. The summed E-state index contributed by atoms with van der Waals surface area (Å²) in [6.07, 6.45) is -14.2. The van der Waals surface area contributed by atoms with Crippen molar-refractivity contribution >= 4 is 6.29 Å². The number of rotatable bonds is 7. The Bertz CT molecular complexity index is 353. The molecule has 0 aromatic carbocycles. The minimum absolute atomic E-state index is 0.107. The summed E-state index contributed by atoms with van der Waals surface area (Å²) in [6.45, 7) is 0.543. The smallest absolute Gasteiger partial charge is 0.187 e. The van der Waals surface area contributed by atoms with E-state index in [4.69, 9.17) is 14.6 Å². The van der Waals surface area contributed by atoms with Gasteiger partial charge in [0.25, 0.3) is 0 Å². The molecule has 1 aliphatic rings. The maximum Gasteiger partial charge on any atom is 0.187 e. The second-order valence-corrected chi connectivity index (χ2v) is 5.15. The van der Waals surface area contributed by atoms with Crippen molar-refractivity contribution in [2.45, 2.75) is 62.0 Å². The first kappa shape index (κ1) is 19.4. The summed E-state index contributed by atoms with van der Waals surface area (Å²) in [5, 5.41) is 66.1. The first-order valence-electron chi connectivity index (χ1n) is 6.70. The van der Waals surface area contributed by atoms with Crippen molar-refractivity contribution in [1.82, 2.24) is 0 Å². The predicted octanol–water partition coefficient (Wildman–Crippen LogP) is -4.53. The van der Waals surface area contributed by atoms with Crippen LogP contribution in [0, 0.1) is 0 Å². The van der Waals surface area contributed by atoms with E-state index in [-0.39, 0.29) is 6.29 Å². The Kier molecular flexibility index (Phi) is 7.25. The highest BCUT2D eigenvalue weighted by Crippen LogP contribution is 2.23. The molecular formula is C12H22O10. The summed E-state index contributed by atoms with van der Waals surface area (Å²) in [4.78, 5) is 11.0. The number of hydrogen-bond acceptors (Lipinski definition) is 10. The second-order valence-electron chi connectivity index (χ2n) is 5.15. The molecule has 10 heteroatoms. The molecule has 0 amide bonds. The standard InChI is InChI=1S/C12H22O10/c1-4-7(16)10(19)11(20)12(21-4)22-6(3-14)9(18)8(17)5(15)2-13/h3-13,15-20H,2H2,1H3. The molecule has 0 saturated carbocycles. The lowest BCUT2D eigenvalue weighted by Crippen LogP contribution is -2.59. The molecule has 1 rings (SSSR count). The first-order valence-corrected chi connectivity index (χ1v) is 6.70. The molecule has 10 nitrogen and oxygen atoms in total. The van der Waals surface area contributed by atoms with Crippen LogP contribution >= 0.6 is 0 Å². The van der Waals surface area contributed by atoms with Crippen LogP contribution in [0.25, 0.3) is 0 Å². The zero-order valence-electron chi connectivity index (χ0n) is 11.8. The maximum atomic E-state index is 11.0. The number of ether oxygens (including phenoxy) is 2. The van der Waals surface area contributed by atoms with Crippen molar-refractivity contribution in [2.24, 2.45) is 0 Å². The van der Waals surface area contributed by atoms with Gasteiger partial charge in [-0.2, -0.15) is 0 Å². The third-order valence-electron chi connectivity index (χ3n) is 3.50. The largest absolute Gasteiger partial charge is 0.394 e. The summed E-state index contributed by atoms with van der Waals surface area (Å²) < 4.78 is 10.1. The molecule has 1 aliphatic heterocycles. The average Bonchev–Trinajstić information content (AvgIpc) is 2.52. The van der Waals surface area contributed by atoms with Gasteiger partial charge in [0.2, 0.25) is 0 Å². The lowest BCUT2D eigenvalue weighted by atomic mass is 9.99. The molecule has 0 aliphatic carbocycles. The summed E-state index contributed by atoms with van der Waals surface area (Å²) >= 11 is 0. The molecule has 0 aromatic heterocycles. The van der Waals surface area contributed by atoms with Crippen LogP contribution in [0.5, 0.6) is 0 Å². The van der Waals surface area contributed by atoms with Gasteiger partial charge in [-0.25, -0.2) is 0 Å². The van der Waals surface area contributed by atoms with Crippen LogP contribution in [0.3, 0.4) is 0 Å².